The monoisotopic (exact) mass is 169 g/mol. The molecule has 1 unspecified atom stereocenters. The molecule has 0 rings (SSSR count). The number of nitriles is 1. The molecule has 0 bridgehead atoms. The molecule has 3 heteroatoms. The lowest BCUT2D eigenvalue weighted by atomic mass is 9.98. The second-order valence-corrected chi connectivity index (χ2v) is 3.79. The molecule has 0 aliphatic rings. The Labute approximate surface area is 75.2 Å². The summed E-state index contributed by atoms with van der Waals surface area (Å²) in [7, 11) is 4.10. The fourth-order valence-electron chi connectivity index (χ4n) is 0.976. The summed E-state index contributed by atoms with van der Waals surface area (Å²) < 4.78 is 0. The molecular formula is C9H19N3. The van der Waals surface area contributed by atoms with E-state index in [-0.39, 0.29) is 0 Å². The standard InChI is InChI=1S/C9H19N3/c1-9(11,8-10)6-4-5-7-12(2)3/h4-7,11H2,1-3H3. The normalized spacial score (nSPS) is 15.7. The first kappa shape index (κ1) is 11.4. The fourth-order valence-corrected chi connectivity index (χ4v) is 0.976. The van der Waals surface area contributed by atoms with Gasteiger partial charge in [-0.1, -0.05) is 0 Å². The van der Waals surface area contributed by atoms with E-state index in [0.29, 0.717) is 0 Å². The van der Waals surface area contributed by atoms with Crippen molar-refractivity contribution in [3.05, 3.63) is 0 Å². The predicted molar refractivity (Wildman–Crippen MR) is 50.6 cm³/mol. The summed E-state index contributed by atoms with van der Waals surface area (Å²) >= 11 is 0. The fraction of sp³-hybridized carbons (Fsp3) is 0.889. The van der Waals surface area contributed by atoms with Crippen LogP contribution in [0, 0.1) is 11.3 Å². The van der Waals surface area contributed by atoms with E-state index < -0.39 is 5.54 Å². The van der Waals surface area contributed by atoms with Gasteiger partial charge < -0.3 is 10.6 Å². The van der Waals surface area contributed by atoms with Crippen molar-refractivity contribution in [2.75, 3.05) is 20.6 Å². The Kier molecular flexibility index (Phi) is 4.87. The molecule has 12 heavy (non-hydrogen) atoms. The number of nitrogens with zero attached hydrogens (tertiary/aromatic N) is 2. The molecule has 3 nitrogen and oxygen atoms in total. The summed E-state index contributed by atoms with van der Waals surface area (Å²) in [5.74, 6) is 0. The molecule has 0 spiro atoms. The van der Waals surface area contributed by atoms with Gasteiger partial charge in [-0.3, -0.25) is 0 Å². The van der Waals surface area contributed by atoms with Crippen LogP contribution in [0.15, 0.2) is 0 Å². The van der Waals surface area contributed by atoms with Crippen molar-refractivity contribution in [3.63, 3.8) is 0 Å². The third kappa shape index (κ3) is 6.14. The molecule has 0 saturated heterocycles. The van der Waals surface area contributed by atoms with Crippen LogP contribution in [0.2, 0.25) is 0 Å². The Hall–Kier alpha value is -0.590. The Bertz CT molecular complexity index is 156. The molecule has 70 valence electrons. The zero-order valence-corrected chi connectivity index (χ0v) is 8.30. The molecule has 0 saturated carbocycles. The molecule has 0 aliphatic heterocycles. The van der Waals surface area contributed by atoms with Crippen molar-refractivity contribution < 1.29 is 0 Å². The maximum atomic E-state index is 8.62. The molecular weight excluding hydrogens is 150 g/mol. The van der Waals surface area contributed by atoms with Gasteiger partial charge in [0.15, 0.2) is 0 Å². The van der Waals surface area contributed by atoms with Gasteiger partial charge in [0.1, 0.15) is 5.54 Å². The molecule has 0 aliphatic carbocycles. The lowest BCUT2D eigenvalue weighted by molar-refractivity contribution is 0.381. The zero-order chi connectivity index (χ0) is 9.61. The lowest BCUT2D eigenvalue weighted by Gasteiger charge is -2.15. The van der Waals surface area contributed by atoms with E-state index >= 15 is 0 Å². The van der Waals surface area contributed by atoms with Crippen LogP contribution in [0.25, 0.3) is 0 Å². The highest BCUT2D eigenvalue weighted by Crippen LogP contribution is 2.08. The van der Waals surface area contributed by atoms with Gasteiger partial charge in [-0.05, 0) is 46.8 Å². The van der Waals surface area contributed by atoms with Crippen LogP contribution in [0.5, 0.6) is 0 Å². The van der Waals surface area contributed by atoms with E-state index in [0.717, 1.165) is 25.8 Å². The van der Waals surface area contributed by atoms with E-state index in [1.165, 1.54) is 0 Å². The van der Waals surface area contributed by atoms with Gasteiger partial charge in [0, 0.05) is 0 Å². The van der Waals surface area contributed by atoms with Crippen LogP contribution in [0.4, 0.5) is 0 Å². The van der Waals surface area contributed by atoms with Crippen molar-refractivity contribution >= 4 is 0 Å². The Balaban J connectivity index is 3.39. The van der Waals surface area contributed by atoms with Crippen LogP contribution >= 0.6 is 0 Å². The second-order valence-electron chi connectivity index (χ2n) is 3.79. The van der Waals surface area contributed by atoms with Gasteiger partial charge in [0.2, 0.25) is 0 Å². The minimum absolute atomic E-state index is 0.633. The van der Waals surface area contributed by atoms with Crippen molar-refractivity contribution in [2.45, 2.75) is 31.7 Å². The van der Waals surface area contributed by atoms with E-state index in [2.05, 4.69) is 11.0 Å². The average molecular weight is 169 g/mol. The van der Waals surface area contributed by atoms with Crippen molar-refractivity contribution in [1.29, 1.82) is 5.26 Å². The average Bonchev–Trinajstić information content (AvgIpc) is 1.98. The van der Waals surface area contributed by atoms with Gasteiger partial charge in [-0.2, -0.15) is 5.26 Å². The zero-order valence-electron chi connectivity index (χ0n) is 8.30. The number of rotatable bonds is 5. The van der Waals surface area contributed by atoms with E-state index in [1.54, 1.807) is 6.92 Å². The van der Waals surface area contributed by atoms with Crippen LogP contribution in [-0.2, 0) is 0 Å². The third-order valence-corrected chi connectivity index (χ3v) is 1.81. The maximum Gasteiger partial charge on any atom is 0.101 e. The largest absolute Gasteiger partial charge is 0.314 e. The third-order valence-electron chi connectivity index (χ3n) is 1.81. The highest BCUT2D eigenvalue weighted by molar-refractivity contribution is 5.00. The van der Waals surface area contributed by atoms with Crippen LogP contribution in [0.3, 0.4) is 0 Å². The molecule has 0 fully saturated rings. The molecule has 2 N–H and O–H groups in total. The molecule has 0 amide bonds. The SMILES string of the molecule is CN(C)CCCCC(C)(N)C#N. The minimum atomic E-state index is -0.633. The Morgan fingerprint density at radius 2 is 2.00 bits per heavy atom. The van der Waals surface area contributed by atoms with Gasteiger partial charge in [-0.15, -0.1) is 0 Å². The van der Waals surface area contributed by atoms with Crippen molar-refractivity contribution in [1.82, 2.24) is 4.90 Å². The minimum Gasteiger partial charge on any atom is -0.314 e. The summed E-state index contributed by atoms with van der Waals surface area (Å²) in [6, 6.07) is 2.09. The van der Waals surface area contributed by atoms with Gasteiger partial charge in [-0.25, -0.2) is 0 Å². The molecule has 0 aromatic rings. The van der Waals surface area contributed by atoms with Gasteiger partial charge in [0.05, 0.1) is 6.07 Å². The molecule has 1 atom stereocenters. The summed E-state index contributed by atoms with van der Waals surface area (Å²) in [5.41, 5.74) is 5.03. The van der Waals surface area contributed by atoms with Gasteiger partial charge >= 0.3 is 0 Å². The first-order valence-corrected chi connectivity index (χ1v) is 4.33. The summed E-state index contributed by atoms with van der Waals surface area (Å²) in [5, 5.41) is 8.62. The topological polar surface area (TPSA) is 53.0 Å². The first-order valence-electron chi connectivity index (χ1n) is 4.33. The predicted octanol–water partition coefficient (Wildman–Crippen LogP) is 0.959. The van der Waals surface area contributed by atoms with Crippen LogP contribution < -0.4 is 5.73 Å². The summed E-state index contributed by atoms with van der Waals surface area (Å²) in [4.78, 5) is 2.14. The summed E-state index contributed by atoms with van der Waals surface area (Å²) in [6.45, 7) is 2.85. The first-order chi connectivity index (χ1) is 5.48. The molecule has 0 radical (unpaired) electrons. The number of unbranched alkanes of at least 4 members (excludes halogenated alkanes) is 1. The van der Waals surface area contributed by atoms with E-state index in [4.69, 9.17) is 11.0 Å². The van der Waals surface area contributed by atoms with Crippen LogP contribution in [0.1, 0.15) is 26.2 Å². The summed E-state index contributed by atoms with van der Waals surface area (Å²) in [6.07, 6.45) is 2.93. The van der Waals surface area contributed by atoms with E-state index in [1.807, 2.05) is 14.1 Å². The number of hydrogen-bond donors (Lipinski definition) is 1. The van der Waals surface area contributed by atoms with Gasteiger partial charge in [0.25, 0.3) is 0 Å². The highest BCUT2D eigenvalue weighted by atomic mass is 15.0. The van der Waals surface area contributed by atoms with Crippen molar-refractivity contribution in [2.24, 2.45) is 5.73 Å². The quantitative estimate of drug-likeness (QED) is 0.624. The van der Waals surface area contributed by atoms with Crippen LogP contribution in [-0.4, -0.2) is 31.1 Å². The Morgan fingerprint density at radius 1 is 1.42 bits per heavy atom. The number of nitrogens with two attached hydrogens (primary N) is 1. The van der Waals surface area contributed by atoms with E-state index in [9.17, 15) is 0 Å². The smallest absolute Gasteiger partial charge is 0.101 e. The highest BCUT2D eigenvalue weighted by Gasteiger charge is 2.15. The van der Waals surface area contributed by atoms with Crippen molar-refractivity contribution in [3.8, 4) is 6.07 Å². The molecule has 0 aromatic heterocycles. The maximum absolute atomic E-state index is 8.62. The second kappa shape index (κ2) is 5.13. The lowest BCUT2D eigenvalue weighted by Crippen LogP contribution is -2.33. The molecule has 0 heterocycles. The Morgan fingerprint density at radius 3 is 2.42 bits per heavy atom. The molecule has 0 aromatic carbocycles. The number of hydrogen-bond acceptors (Lipinski definition) is 3.